The van der Waals surface area contributed by atoms with Gasteiger partial charge < -0.3 is 5.73 Å². The quantitative estimate of drug-likeness (QED) is 0.750. The van der Waals surface area contributed by atoms with E-state index >= 15 is 0 Å². The van der Waals surface area contributed by atoms with Gasteiger partial charge in [0.25, 0.3) is 0 Å². The summed E-state index contributed by atoms with van der Waals surface area (Å²) in [5.74, 6) is 0. The van der Waals surface area contributed by atoms with E-state index in [0.29, 0.717) is 12.2 Å². The van der Waals surface area contributed by atoms with E-state index in [0.717, 1.165) is 12.8 Å². The van der Waals surface area contributed by atoms with Crippen molar-refractivity contribution >= 4 is 39.1 Å². The van der Waals surface area contributed by atoms with Gasteiger partial charge in [-0.3, -0.25) is 0 Å². The zero-order valence-electron chi connectivity index (χ0n) is 11.9. The fourth-order valence-electron chi connectivity index (χ4n) is 1.90. The topological polar surface area (TPSA) is 72.2 Å². The van der Waals surface area contributed by atoms with Crippen LogP contribution in [-0.4, -0.2) is 26.0 Å². The molecular weight excluding hydrogens is 316 g/mol. The van der Waals surface area contributed by atoms with E-state index in [1.807, 2.05) is 6.26 Å². The lowest BCUT2D eigenvalue weighted by Crippen LogP contribution is -2.39. The second-order valence-electron chi connectivity index (χ2n) is 4.61. The van der Waals surface area contributed by atoms with E-state index in [4.69, 9.17) is 17.3 Å². The average Bonchev–Trinajstić information content (AvgIpc) is 2.40. The molecule has 0 spiro atoms. The van der Waals surface area contributed by atoms with Crippen molar-refractivity contribution in [3.63, 3.8) is 0 Å². The molecule has 0 saturated heterocycles. The summed E-state index contributed by atoms with van der Waals surface area (Å²) >= 11 is 7.64. The minimum atomic E-state index is -3.62. The third kappa shape index (κ3) is 4.04. The van der Waals surface area contributed by atoms with E-state index in [-0.39, 0.29) is 14.7 Å². The number of nitrogens with one attached hydrogen (secondary N) is 1. The van der Waals surface area contributed by atoms with Crippen LogP contribution < -0.4 is 10.5 Å². The average molecular weight is 337 g/mol. The van der Waals surface area contributed by atoms with Crippen molar-refractivity contribution in [2.24, 2.45) is 0 Å². The molecule has 4 nitrogen and oxygen atoms in total. The molecule has 3 N–H and O–H groups in total. The first-order valence-corrected chi connectivity index (χ1v) is 9.48. The third-order valence-corrected chi connectivity index (χ3v) is 7.02. The normalized spacial score (nSPS) is 12.6. The SMILES string of the molecule is CCC(CC)(CNS(=O)(=O)c1ccc(N)cc1Cl)SC. The first kappa shape index (κ1) is 17.6. The second kappa shape index (κ2) is 7.02. The molecule has 0 amide bonds. The highest BCUT2D eigenvalue weighted by molar-refractivity contribution is 8.00. The number of sulfonamides is 1. The molecule has 1 rings (SSSR count). The van der Waals surface area contributed by atoms with Crippen LogP contribution in [0.25, 0.3) is 0 Å². The molecule has 0 aliphatic heterocycles. The Hall–Kier alpha value is -0.430. The van der Waals surface area contributed by atoms with Crippen molar-refractivity contribution in [3.8, 4) is 0 Å². The summed E-state index contributed by atoms with van der Waals surface area (Å²) in [6.45, 7) is 4.50. The maximum absolute atomic E-state index is 12.3. The first-order valence-electron chi connectivity index (χ1n) is 6.40. The van der Waals surface area contributed by atoms with Crippen LogP contribution in [0, 0.1) is 0 Å². The fourth-order valence-corrected chi connectivity index (χ4v) is 4.46. The van der Waals surface area contributed by atoms with Gasteiger partial charge in [0.2, 0.25) is 10.0 Å². The molecule has 0 atom stereocenters. The predicted molar refractivity (Wildman–Crippen MR) is 87.9 cm³/mol. The number of rotatable bonds is 7. The standard InChI is InChI=1S/C13H21ClN2O2S2/c1-4-13(5-2,19-3)9-16-20(17,18)12-7-6-10(15)8-11(12)14/h6-8,16H,4-5,9,15H2,1-3H3. The van der Waals surface area contributed by atoms with Crippen molar-refractivity contribution in [1.82, 2.24) is 4.72 Å². The zero-order chi connectivity index (χ0) is 15.4. The van der Waals surface area contributed by atoms with Gasteiger partial charge in [-0.25, -0.2) is 13.1 Å². The van der Waals surface area contributed by atoms with Gasteiger partial charge in [-0.05, 0) is 37.3 Å². The highest BCUT2D eigenvalue weighted by Crippen LogP contribution is 2.30. The number of halogens is 1. The maximum atomic E-state index is 12.3. The second-order valence-corrected chi connectivity index (χ2v) is 8.03. The number of thioether (sulfide) groups is 1. The molecule has 0 heterocycles. The van der Waals surface area contributed by atoms with Gasteiger partial charge in [0, 0.05) is 17.0 Å². The molecule has 0 saturated carbocycles. The number of nitrogens with two attached hydrogens (primary N) is 1. The molecule has 0 unspecified atom stereocenters. The number of benzene rings is 1. The lowest BCUT2D eigenvalue weighted by molar-refractivity contribution is 0.522. The molecule has 7 heteroatoms. The van der Waals surface area contributed by atoms with Crippen LogP contribution in [0.4, 0.5) is 5.69 Å². The molecule has 0 aliphatic rings. The number of hydrogen-bond donors (Lipinski definition) is 2. The van der Waals surface area contributed by atoms with Gasteiger partial charge in [0.05, 0.1) is 5.02 Å². The Morgan fingerprint density at radius 3 is 2.40 bits per heavy atom. The van der Waals surface area contributed by atoms with E-state index < -0.39 is 10.0 Å². The van der Waals surface area contributed by atoms with Gasteiger partial charge in [0.15, 0.2) is 0 Å². The van der Waals surface area contributed by atoms with Crippen LogP contribution in [0.5, 0.6) is 0 Å². The van der Waals surface area contributed by atoms with Crippen LogP contribution in [0.2, 0.25) is 5.02 Å². The van der Waals surface area contributed by atoms with Gasteiger partial charge >= 0.3 is 0 Å². The molecule has 1 aromatic rings. The molecular formula is C13H21ClN2O2S2. The Balaban J connectivity index is 2.96. The number of hydrogen-bond acceptors (Lipinski definition) is 4. The van der Waals surface area contributed by atoms with Crippen LogP contribution >= 0.6 is 23.4 Å². The van der Waals surface area contributed by atoms with Crippen molar-refractivity contribution in [2.45, 2.75) is 36.3 Å². The Labute approximate surface area is 130 Å². The molecule has 0 bridgehead atoms. The zero-order valence-corrected chi connectivity index (χ0v) is 14.3. The monoisotopic (exact) mass is 336 g/mol. The maximum Gasteiger partial charge on any atom is 0.242 e. The minimum Gasteiger partial charge on any atom is -0.399 e. The van der Waals surface area contributed by atoms with Crippen LogP contribution in [0.15, 0.2) is 23.1 Å². The van der Waals surface area contributed by atoms with Crippen LogP contribution in [0.3, 0.4) is 0 Å². The highest BCUT2D eigenvalue weighted by Gasteiger charge is 2.28. The Morgan fingerprint density at radius 2 is 1.95 bits per heavy atom. The predicted octanol–water partition coefficient (Wildman–Crippen LogP) is 3.12. The van der Waals surface area contributed by atoms with Gasteiger partial charge in [-0.1, -0.05) is 25.4 Å². The number of anilines is 1. The Kier molecular flexibility index (Phi) is 6.19. The summed E-state index contributed by atoms with van der Waals surface area (Å²) in [5.41, 5.74) is 6.01. The van der Waals surface area contributed by atoms with Gasteiger partial charge in [-0.15, -0.1) is 0 Å². The Bertz CT molecular complexity index is 549. The van der Waals surface area contributed by atoms with E-state index in [1.165, 1.54) is 18.2 Å². The van der Waals surface area contributed by atoms with Crippen molar-refractivity contribution < 1.29 is 8.42 Å². The van der Waals surface area contributed by atoms with Gasteiger partial charge in [-0.2, -0.15) is 11.8 Å². The lowest BCUT2D eigenvalue weighted by Gasteiger charge is -2.29. The highest BCUT2D eigenvalue weighted by atomic mass is 35.5. The summed E-state index contributed by atoms with van der Waals surface area (Å²) in [6.07, 6.45) is 3.78. The van der Waals surface area contributed by atoms with Crippen LogP contribution in [-0.2, 0) is 10.0 Å². The molecule has 0 fully saturated rings. The summed E-state index contributed by atoms with van der Waals surface area (Å²) < 4.78 is 27.2. The summed E-state index contributed by atoms with van der Waals surface area (Å²) in [6, 6.07) is 4.40. The Morgan fingerprint density at radius 1 is 1.35 bits per heavy atom. The molecule has 1 aromatic carbocycles. The minimum absolute atomic E-state index is 0.0653. The molecule has 20 heavy (non-hydrogen) atoms. The molecule has 0 aromatic heterocycles. The number of nitrogen functional groups attached to an aromatic ring is 1. The van der Waals surface area contributed by atoms with Crippen LogP contribution in [0.1, 0.15) is 26.7 Å². The fraction of sp³-hybridized carbons (Fsp3) is 0.538. The van der Waals surface area contributed by atoms with Crippen molar-refractivity contribution in [3.05, 3.63) is 23.2 Å². The van der Waals surface area contributed by atoms with E-state index in [9.17, 15) is 8.42 Å². The van der Waals surface area contributed by atoms with E-state index in [1.54, 1.807) is 11.8 Å². The largest absolute Gasteiger partial charge is 0.399 e. The van der Waals surface area contributed by atoms with Crippen molar-refractivity contribution in [1.29, 1.82) is 0 Å². The third-order valence-electron chi connectivity index (χ3n) is 3.55. The summed E-state index contributed by atoms with van der Waals surface area (Å²) in [5, 5.41) is 0.139. The molecule has 0 aliphatic carbocycles. The first-order chi connectivity index (χ1) is 9.30. The molecule has 114 valence electrons. The van der Waals surface area contributed by atoms with Gasteiger partial charge in [0.1, 0.15) is 4.90 Å². The lowest BCUT2D eigenvalue weighted by atomic mass is 10.0. The van der Waals surface area contributed by atoms with Crippen molar-refractivity contribution in [2.75, 3.05) is 18.5 Å². The van der Waals surface area contributed by atoms with E-state index in [2.05, 4.69) is 18.6 Å². The smallest absolute Gasteiger partial charge is 0.242 e. The summed E-state index contributed by atoms with van der Waals surface area (Å²) in [4.78, 5) is 0.0653. The summed E-state index contributed by atoms with van der Waals surface area (Å²) in [7, 11) is -3.62. The molecule has 0 radical (unpaired) electrons.